The van der Waals surface area contributed by atoms with E-state index in [1.165, 1.54) is 19.2 Å². The lowest BCUT2D eigenvalue weighted by Crippen LogP contribution is -2.18. The van der Waals surface area contributed by atoms with Crippen LogP contribution in [-0.4, -0.2) is 22.5 Å². The average molecular weight is 215 g/mol. The molecular weight excluding hydrogens is 202 g/mol. The number of anilines is 2. The molecule has 1 rings (SSSR count). The highest BCUT2D eigenvalue weighted by Gasteiger charge is 2.12. The van der Waals surface area contributed by atoms with Crippen LogP contribution in [0.3, 0.4) is 0 Å². The number of hydrogen-bond acceptors (Lipinski definition) is 4. The second-order valence-corrected chi connectivity index (χ2v) is 4.59. The number of hydrogen-bond donors (Lipinski definition) is 3. The van der Waals surface area contributed by atoms with E-state index in [1.807, 2.05) is 0 Å². The first-order valence-corrected chi connectivity index (χ1v) is 5.50. The molecule has 0 aliphatic rings. The van der Waals surface area contributed by atoms with Gasteiger partial charge in [0.25, 0.3) is 0 Å². The van der Waals surface area contributed by atoms with Crippen LogP contribution in [0.1, 0.15) is 0 Å². The Bertz CT molecular complexity index is 428. The molecule has 6 heteroatoms. The van der Waals surface area contributed by atoms with Gasteiger partial charge in [-0.2, -0.15) is 0 Å². The summed E-state index contributed by atoms with van der Waals surface area (Å²) in [5, 5.41) is 2.81. The highest BCUT2D eigenvalue weighted by atomic mass is 32.2. The molecule has 1 aromatic carbocycles. The van der Waals surface area contributed by atoms with Gasteiger partial charge in [-0.25, -0.2) is 13.1 Å². The molecule has 1 aromatic rings. The van der Waals surface area contributed by atoms with Crippen LogP contribution in [0.5, 0.6) is 0 Å². The Morgan fingerprint density at radius 2 is 1.93 bits per heavy atom. The van der Waals surface area contributed by atoms with Gasteiger partial charge in [-0.3, -0.25) is 0 Å². The molecular formula is C8H13N3O2S. The standard InChI is InChI=1S/C8H13N3O2S/c1-10-8-5-6(3-4-7(8)9)14(12,13)11-2/h3-5,10-11H,9H2,1-2H3. The summed E-state index contributed by atoms with van der Waals surface area (Å²) in [5.41, 5.74) is 6.72. The third-order valence-electron chi connectivity index (χ3n) is 1.87. The number of benzene rings is 1. The van der Waals surface area contributed by atoms with Crippen LogP contribution >= 0.6 is 0 Å². The smallest absolute Gasteiger partial charge is 0.240 e. The molecule has 0 spiro atoms. The fourth-order valence-electron chi connectivity index (χ4n) is 1.04. The molecule has 0 unspecified atom stereocenters. The molecule has 0 fully saturated rings. The van der Waals surface area contributed by atoms with Crippen molar-refractivity contribution < 1.29 is 8.42 Å². The SMILES string of the molecule is CNc1cc(S(=O)(=O)NC)ccc1N. The predicted octanol–water partition coefficient (Wildman–Crippen LogP) is 0.219. The minimum atomic E-state index is -3.39. The molecule has 5 nitrogen and oxygen atoms in total. The quantitative estimate of drug-likeness (QED) is 0.630. The lowest BCUT2D eigenvalue weighted by atomic mass is 10.3. The van der Waals surface area contributed by atoms with Gasteiger partial charge < -0.3 is 11.1 Å². The Kier molecular flexibility index (Phi) is 2.97. The van der Waals surface area contributed by atoms with E-state index in [-0.39, 0.29) is 4.90 Å². The zero-order chi connectivity index (χ0) is 10.8. The lowest BCUT2D eigenvalue weighted by Gasteiger charge is -2.07. The molecule has 0 aliphatic heterocycles. The van der Waals surface area contributed by atoms with Crippen LogP contribution in [0.25, 0.3) is 0 Å². The molecule has 0 saturated carbocycles. The van der Waals surface area contributed by atoms with Gasteiger partial charge in [-0.05, 0) is 25.2 Å². The van der Waals surface area contributed by atoms with Crippen LogP contribution in [0.2, 0.25) is 0 Å². The van der Waals surface area contributed by atoms with Crippen molar-refractivity contribution >= 4 is 21.4 Å². The highest BCUT2D eigenvalue weighted by Crippen LogP contribution is 2.21. The number of sulfonamides is 1. The lowest BCUT2D eigenvalue weighted by molar-refractivity contribution is 0.588. The second kappa shape index (κ2) is 3.85. The Morgan fingerprint density at radius 1 is 1.29 bits per heavy atom. The Hall–Kier alpha value is -1.27. The van der Waals surface area contributed by atoms with Gasteiger partial charge in [-0.1, -0.05) is 0 Å². The van der Waals surface area contributed by atoms with Crippen molar-refractivity contribution in [2.24, 2.45) is 0 Å². The summed E-state index contributed by atoms with van der Waals surface area (Å²) in [5.74, 6) is 0. The average Bonchev–Trinajstić information content (AvgIpc) is 2.18. The maximum absolute atomic E-state index is 11.4. The number of nitrogens with two attached hydrogens (primary N) is 1. The van der Waals surface area contributed by atoms with Crippen molar-refractivity contribution in [3.8, 4) is 0 Å². The van der Waals surface area contributed by atoms with Crippen LogP contribution in [0, 0.1) is 0 Å². The molecule has 0 aromatic heterocycles. The minimum Gasteiger partial charge on any atom is -0.397 e. The van der Waals surface area contributed by atoms with E-state index in [2.05, 4.69) is 10.0 Å². The molecule has 0 amide bonds. The molecule has 0 heterocycles. The molecule has 0 aliphatic carbocycles. The summed E-state index contributed by atoms with van der Waals surface area (Å²) < 4.78 is 25.0. The maximum Gasteiger partial charge on any atom is 0.240 e. The van der Waals surface area contributed by atoms with E-state index < -0.39 is 10.0 Å². The van der Waals surface area contributed by atoms with Crippen molar-refractivity contribution in [3.05, 3.63) is 18.2 Å². The Balaban J connectivity index is 3.26. The Morgan fingerprint density at radius 3 is 2.43 bits per heavy atom. The summed E-state index contributed by atoms with van der Waals surface area (Å²) in [7, 11) is -0.345. The van der Waals surface area contributed by atoms with Crippen LogP contribution < -0.4 is 15.8 Å². The monoisotopic (exact) mass is 215 g/mol. The summed E-state index contributed by atoms with van der Waals surface area (Å²) in [4.78, 5) is 0.193. The molecule has 78 valence electrons. The first-order chi connectivity index (χ1) is 6.51. The second-order valence-electron chi connectivity index (χ2n) is 2.71. The van der Waals surface area contributed by atoms with Crippen LogP contribution in [-0.2, 0) is 10.0 Å². The van der Waals surface area contributed by atoms with Gasteiger partial charge in [-0.15, -0.1) is 0 Å². The molecule has 14 heavy (non-hydrogen) atoms. The zero-order valence-electron chi connectivity index (χ0n) is 8.03. The highest BCUT2D eigenvalue weighted by molar-refractivity contribution is 7.89. The third-order valence-corrected chi connectivity index (χ3v) is 3.29. The minimum absolute atomic E-state index is 0.193. The van der Waals surface area contributed by atoms with Gasteiger partial charge in [0.1, 0.15) is 0 Å². The summed E-state index contributed by atoms with van der Waals surface area (Å²) in [6.07, 6.45) is 0. The molecule has 0 saturated heterocycles. The first kappa shape index (κ1) is 10.8. The largest absolute Gasteiger partial charge is 0.397 e. The summed E-state index contributed by atoms with van der Waals surface area (Å²) in [6.45, 7) is 0. The van der Waals surface area contributed by atoms with Gasteiger partial charge in [0.2, 0.25) is 10.0 Å². The molecule has 0 atom stereocenters. The third kappa shape index (κ3) is 1.97. The van der Waals surface area contributed by atoms with Crippen LogP contribution in [0.15, 0.2) is 23.1 Å². The van der Waals surface area contributed by atoms with Gasteiger partial charge in [0, 0.05) is 7.05 Å². The van der Waals surface area contributed by atoms with E-state index in [4.69, 9.17) is 5.73 Å². The topological polar surface area (TPSA) is 84.2 Å². The number of nitrogen functional groups attached to an aromatic ring is 1. The van der Waals surface area contributed by atoms with E-state index in [0.29, 0.717) is 11.4 Å². The maximum atomic E-state index is 11.4. The van der Waals surface area contributed by atoms with E-state index in [9.17, 15) is 8.42 Å². The van der Waals surface area contributed by atoms with Crippen LogP contribution in [0.4, 0.5) is 11.4 Å². The molecule has 0 bridgehead atoms. The van der Waals surface area contributed by atoms with Gasteiger partial charge in [0.15, 0.2) is 0 Å². The predicted molar refractivity (Wildman–Crippen MR) is 56.6 cm³/mol. The van der Waals surface area contributed by atoms with E-state index in [0.717, 1.165) is 0 Å². The first-order valence-electron chi connectivity index (χ1n) is 4.02. The fourth-order valence-corrected chi connectivity index (χ4v) is 1.79. The normalized spacial score (nSPS) is 11.3. The molecule has 0 radical (unpaired) electrons. The molecule has 4 N–H and O–H groups in total. The zero-order valence-corrected chi connectivity index (χ0v) is 8.85. The van der Waals surface area contributed by atoms with E-state index in [1.54, 1.807) is 13.1 Å². The van der Waals surface area contributed by atoms with E-state index >= 15 is 0 Å². The van der Waals surface area contributed by atoms with Crippen molar-refractivity contribution in [1.82, 2.24) is 4.72 Å². The van der Waals surface area contributed by atoms with Gasteiger partial charge in [0.05, 0.1) is 16.3 Å². The summed E-state index contributed by atoms with van der Waals surface area (Å²) >= 11 is 0. The summed E-state index contributed by atoms with van der Waals surface area (Å²) in [6, 6.07) is 4.50. The number of nitrogens with one attached hydrogen (secondary N) is 2. The van der Waals surface area contributed by atoms with Crippen molar-refractivity contribution in [2.45, 2.75) is 4.90 Å². The Labute approximate surface area is 83.4 Å². The van der Waals surface area contributed by atoms with Crippen molar-refractivity contribution in [3.63, 3.8) is 0 Å². The number of rotatable bonds is 3. The van der Waals surface area contributed by atoms with Crippen molar-refractivity contribution in [1.29, 1.82) is 0 Å². The van der Waals surface area contributed by atoms with Crippen molar-refractivity contribution in [2.75, 3.05) is 25.1 Å². The fraction of sp³-hybridized carbons (Fsp3) is 0.250. The van der Waals surface area contributed by atoms with Gasteiger partial charge >= 0.3 is 0 Å².